The molecule has 6 rings (SSSR count). The van der Waals surface area contributed by atoms with Gasteiger partial charge in [0.25, 0.3) is 11.8 Å². The molecule has 0 bridgehead atoms. The topological polar surface area (TPSA) is 76.7 Å². The second-order valence-electron chi connectivity index (χ2n) is 8.59. The summed E-state index contributed by atoms with van der Waals surface area (Å²) in [7, 11) is 3.28. The van der Waals surface area contributed by atoms with Gasteiger partial charge in [0.2, 0.25) is 0 Å². The largest absolute Gasteiger partial charge is 0.497 e. The summed E-state index contributed by atoms with van der Waals surface area (Å²) in [6.07, 6.45) is 0. The summed E-state index contributed by atoms with van der Waals surface area (Å²) in [5.41, 5.74) is 2.74. The molecular formula is C28H22N2O4. The third-order valence-electron chi connectivity index (χ3n) is 6.72. The van der Waals surface area contributed by atoms with E-state index in [0.717, 1.165) is 44.2 Å². The third-order valence-corrected chi connectivity index (χ3v) is 6.72. The fourth-order valence-corrected chi connectivity index (χ4v) is 4.98. The highest BCUT2D eigenvalue weighted by molar-refractivity contribution is 6.14. The molecule has 2 unspecified atom stereocenters. The summed E-state index contributed by atoms with van der Waals surface area (Å²) in [6, 6.07) is 22.6. The van der Waals surface area contributed by atoms with Gasteiger partial charge in [-0.1, -0.05) is 36.4 Å². The van der Waals surface area contributed by atoms with Crippen molar-refractivity contribution in [2.45, 2.75) is 12.1 Å². The van der Waals surface area contributed by atoms with E-state index >= 15 is 0 Å². The Morgan fingerprint density at radius 2 is 0.941 bits per heavy atom. The smallest absolute Gasteiger partial charge is 0.250 e. The van der Waals surface area contributed by atoms with Gasteiger partial charge >= 0.3 is 0 Å². The molecule has 168 valence electrons. The fraction of sp³-hybridized carbons (Fsp3) is 0.143. The number of hydrogen-bond acceptors (Lipinski definition) is 4. The van der Waals surface area contributed by atoms with Crippen molar-refractivity contribution >= 4 is 33.4 Å². The van der Waals surface area contributed by atoms with Crippen molar-refractivity contribution in [2.24, 2.45) is 0 Å². The van der Waals surface area contributed by atoms with Crippen molar-refractivity contribution in [3.63, 3.8) is 0 Å². The summed E-state index contributed by atoms with van der Waals surface area (Å²) in [5, 5.41) is 10.1. The number of fused-ring (bicyclic) bond motifs is 2. The zero-order valence-electron chi connectivity index (χ0n) is 18.7. The highest BCUT2D eigenvalue weighted by Gasteiger charge is 2.46. The van der Waals surface area contributed by atoms with E-state index in [2.05, 4.69) is 10.6 Å². The maximum Gasteiger partial charge on any atom is 0.250 e. The van der Waals surface area contributed by atoms with Crippen molar-refractivity contribution in [3.8, 4) is 11.5 Å². The van der Waals surface area contributed by atoms with Crippen molar-refractivity contribution in [2.75, 3.05) is 14.2 Å². The van der Waals surface area contributed by atoms with Gasteiger partial charge in [0.05, 0.1) is 37.4 Å². The Balaban J connectivity index is 1.39. The van der Waals surface area contributed by atoms with E-state index in [1.54, 1.807) is 14.2 Å². The average Bonchev–Trinajstić information content (AvgIpc) is 3.40. The summed E-state index contributed by atoms with van der Waals surface area (Å²) in [6.45, 7) is 0. The van der Waals surface area contributed by atoms with Crippen LogP contribution in [0.1, 0.15) is 23.2 Å². The van der Waals surface area contributed by atoms with Gasteiger partial charge in [-0.05, 0) is 69.1 Å². The highest BCUT2D eigenvalue weighted by Crippen LogP contribution is 2.42. The van der Waals surface area contributed by atoms with Crippen molar-refractivity contribution in [3.05, 3.63) is 95.1 Å². The fourth-order valence-electron chi connectivity index (χ4n) is 4.98. The van der Waals surface area contributed by atoms with Crippen molar-refractivity contribution in [1.82, 2.24) is 10.6 Å². The van der Waals surface area contributed by atoms with Gasteiger partial charge in [0.1, 0.15) is 11.5 Å². The maximum atomic E-state index is 13.1. The first-order valence-electron chi connectivity index (χ1n) is 11.1. The Morgan fingerprint density at radius 3 is 1.35 bits per heavy atom. The minimum Gasteiger partial charge on any atom is -0.497 e. The highest BCUT2D eigenvalue weighted by atomic mass is 16.5. The zero-order chi connectivity index (χ0) is 23.4. The van der Waals surface area contributed by atoms with E-state index in [-0.39, 0.29) is 11.8 Å². The number of rotatable bonds is 4. The molecule has 2 aliphatic rings. The van der Waals surface area contributed by atoms with E-state index in [1.807, 2.05) is 72.8 Å². The van der Waals surface area contributed by atoms with E-state index in [4.69, 9.17) is 9.47 Å². The van der Waals surface area contributed by atoms with E-state index in [0.29, 0.717) is 11.1 Å². The molecule has 4 aromatic carbocycles. The number of carbonyl (C=O) groups excluding carboxylic acids is 2. The van der Waals surface area contributed by atoms with Crippen LogP contribution in [0.25, 0.3) is 21.5 Å². The summed E-state index contributed by atoms with van der Waals surface area (Å²) in [5.74, 6) is 1.14. The first kappa shape index (κ1) is 20.3. The van der Waals surface area contributed by atoms with E-state index < -0.39 is 12.1 Å². The van der Waals surface area contributed by atoms with Crippen LogP contribution in [0.4, 0.5) is 0 Å². The lowest BCUT2D eigenvalue weighted by molar-refractivity contribution is -0.118. The molecule has 2 atom stereocenters. The lowest BCUT2D eigenvalue weighted by Crippen LogP contribution is -2.33. The third kappa shape index (κ3) is 3.10. The zero-order valence-corrected chi connectivity index (χ0v) is 18.7. The predicted octanol–water partition coefficient (Wildman–Crippen LogP) is 4.35. The van der Waals surface area contributed by atoms with Crippen LogP contribution >= 0.6 is 0 Å². The second kappa shape index (κ2) is 7.63. The quantitative estimate of drug-likeness (QED) is 0.485. The van der Waals surface area contributed by atoms with Crippen molar-refractivity contribution < 1.29 is 19.1 Å². The molecule has 0 aliphatic carbocycles. The molecule has 4 aromatic rings. The molecule has 0 spiro atoms. The van der Waals surface area contributed by atoms with Crippen LogP contribution < -0.4 is 20.1 Å². The molecule has 0 saturated heterocycles. The molecule has 6 heteroatoms. The maximum absolute atomic E-state index is 13.1. The van der Waals surface area contributed by atoms with Gasteiger partial charge in [0.15, 0.2) is 0 Å². The van der Waals surface area contributed by atoms with E-state index in [9.17, 15) is 9.59 Å². The molecule has 0 aromatic heterocycles. The van der Waals surface area contributed by atoms with Crippen LogP contribution in [0.3, 0.4) is 0 Å². The van der Waals surface area contributed by atoms with E-state index in [1.165, 1.54) is 0 Å². The molecule has 2 N–H and O–H groups in total. The van der Waals surface area contributed by atoms with Crippen LogP contribution in [0.15, 0.2) is 83.9 Å². The first-order valence-corrected chi connectivity index (χ1v) is 11.1. The molecular weight excluding hydrogens is 428 g/mol. The molecule has 6 nitrogen and oxygen atoms in total. The number of hydrogen-bond donors (Lipinski definition) is 2. The Labute approximate surface area is 196 Å². The molecule has 0 saturated carbocycles. The Hall–Kier alpha value is -4.32. The number of ether oxygens (including phenoxy) is 2. The molecule has 0 radical (unpaired) electrons. The van der Waals surface area contributed by atoms with Crippen LogP contribution in [-0.2, 0) is 9.59 Å². The number of amides is 2. The molecule has 2 amide bonds. The predicted molar refractivity (Wildman–Crippen MR) is 130 cm³/mol. The van der Waals surface area contributed by atoms with Crippen LogP contribution in [0, 0.1) is 0 Å². The van der Waals surface area contributed by atoms with Gasteiger partial charge in [-0.2, -0.15) is 0 Å². The van der Waals surface area contributed by atoms with Gasteiger partial charge in [-0.25, -0.2) is 0 Å². The van der Waals surface area contributed by atoms with Gasteiger partial charge in [0, 0.05) is 0 Å². The molecule has 0 fully saturated rings. The number of carbonyl (C=O) groups is 2. The SMILES string of the molecule is COc1ccc2cc(C3NC(=O)C4=C3C(=O)NC4c3ccc4cc(OC)ccc4c3)ccc2c1. The van der Waals surface area contributed by atoms with Crippen LogP contribution in [-0.4, -0.2) is 26.0 Å². The Bertz CT molecular complexity index is 1420. The average molecular weight is 450 g/mol. The van der Waals surface area contributed by atoms with Crippen molar-refractivity contribution in [1.29, 1.82) is 0 Å². The number of nitrogens with one attached hydrogen (secondary N) is 2. The Kier molecular flexibility index (Phi) is 4.55. The number of benzene rings is 4. The lowest BCUT2D eigenvalue weighted by Gasteiger charge is -2.18. The summed E-state index contributed by atoms with van der Waals surface area (Å²) < 4.78 is 10.6. The molecule has 2 aliphatic heterocycles. The minimum atomic E-state index is -0.483. The van der Waals surface area contributed by atoms with Crippen LogP contribution in [0.2, 0.25) is 0 Å². The first-order chi connectivity index (χ1) is 16.6. The van der Waals surface area contributed by atoms with Crippen LogP contribution in [0.5, 0.6) is 11.5 Å². The Morgan fingerprint density at radius 1 is 0.559 bits per heavy atom. The summed E-state index contributed by atoms with van der Waals surface area (Å²) >= 11 is 0. The number of methoxy groups -OCH3 is 2. The lowest BCUT2D eigenvalue weighted by atomic mass is 9.93. The van der Waals surface area contributed by atoms with Gasteiger partial charge in [-0.15, -0.1) is 0 Å². The van der Waals surface area contributed by atoms with Gasteiger partial charge < -0.3 is 20.1 Å². The second-order valence-corrected chi connectivity index (χ2v) is 8.59. The molecule has 34 heavy (non-hydrogen) atoms. The normalized spacial score (nSPS) is 19.4. The summed E-state index contributed by atoms with van der Waals surface area (Å²) in [4.78, 5) is 26.1. The monoisotopic (exact) mass is 450 g/mol. The molecule has 2 heterocycles. The minimum absolute atomic E-state index is 0.215. The standard InChI is InChI=1S/C28H22N2O4/c1-33-21-9-7-15-11-19(5-3-17(15)13-21)25-23-24(28(32)29-25)26(30-27(23)31)20-6-4-18-14-22(34-2)10-8-16(18)12-20/h3-14,25-26H,1-2H3,(H,29,32)(H,30,31). The van der Waals surface area contributed by atoms with Gasteiger partial charge in [-0.3, -0.25) is 9.59 Å².